The van der Waals surface area contributed by atoms with Gasteiger partial charge >= 0.3 is 17.9 Å². The molecule has 0 unspecified atom stereocenters. The van der Waals surface area contributed by atoms with Crippen molar-refractivity contribution in [1.29, 1.82) is 0 Å². The molecule has 1 aromatic rings. The van der Waals surface area contributed by atoms with Gasteiger partial charge in [0.15, 0.2) is 0 Å². The van der Waals surface area contributed by atoms with E-state index in [4.69, 9.17) is 18.9 Å². The Kier molecular flexibility index (Phi) is 6.35. The van der Waals surface area contributed by atoms with Gasteiger partial charge in [0.1, 0.15) is 12.4 Å². The third-order valence-electron chi connectivity index (χ3n) is 3.77. The smallest absolute Gasteiger partial charge is 0.355 e. The first-order chi connectivity index (χ1) is 12.4. The summed E-state index contributed by atoms with van der Waals surface area (Å²) in [5.41, 5.74) is 1.45. The number of aryl methyl sites for hydroxylation is 1. The number of anilines is 1. The molecule has 2 rings (SSSR count). The van der Waals surface area contributed by atoms with Gasteiger partial charge in [-0.05, 0) is 26.0 Å². The van der Waals surface area contributed by atoms with Gasteiger partial charge in [0, 0.05) is 0 Å². The summed E-state index contributed by atoms with van der Waals surface area (Å²) in [6.07, 6.45) is 0. The van der Waals surface area contributed by atoms with Crippen molar-refractivity contribution in [2.24, 2.45) is 0 Å². The molecule has 0 atom stereocenters. The Balaban J connectivity index is 2.63. The van der Waals surface area contributed by atoms with Crippen LogP contribution in [0.25, 0.3) is 0 Å². The predicted octanol–water partition coefficient (Wildman–Crippen LogP) is 1.57. The van der Waals surface area contributed by atoms with Crippen LogP contribution in [0.1, 0.15) is 22.8 Å². The maximum Gasteiger partial charge on any atom is 0.355 e. The largest absolute Gasteiger partial charge is 0.466 e. The Bertz CT molecular complexity index is 754. The molecular weight excluding hydrogens is 342 g/mol. The molecule has 0 radical (unpaired) electrons. The molecule has 0 saturated carbocycles. The van der Waals surface area contributed by atoms with E-state index in [0.29, 0.717) is 5.69 Å². The van der Waals surface area contributed by atoms with E-state index in [1.165, 1.54) is 19.1 Å². The monoisotopic (exact) mass is 363 g/mol. The minimum Gasteiger partial charge on any atom is -0.466 e. The van der Waals surface area contributed by atoms with Crippen LogP contribution in [0.15, 0.2) is 29.5 Å². The van der Waals surface area contributed by atoms with Gasteiger partial charge in [0.2, 0.25) is 0 Å². The standard InChI is InChI=1S/C18H21NO7/c1-5-26-17(21)12-8-11(2)6-7-14(12)19-10-25-9-13(16(20)23-3)15(19)18(22)24-4/h6-8H,5,9-10H2,1-4H3. The fourth-order valence-electron chi connectivity index (χ4n) is 2.59. The number of methoxy groups -OCH3 is 2. The summed E-state index contributed by atoms with van der Waals surface area (Å²) < 4.78 is 20.1. The predicted molar refractivity (Wildman–Crippen MR) is 91.5 cm³/mol. The van der Waals surface area contributed by atoms with Crippen molar-refractivity contribution in [1.82, 2.24) is 0 Å². The van der Waals surface area contributed by atoms with Gasteiger partial charge in [0.05, 0.1) is 44.3 Å². The van der Waals surface area contributed by atoms with Gasteiger partial charge in [-0.3, -0.25) is 0 Å². The molecular formula is C18H21NO7. The first-order valence-electron chi connectivity index (χ1n) is 7.97. The highest BCUT2D eigenvalue weighted by Gasteiger charge is 2.34. The lowest BCUT2D eigenvalue weighted by molar-refractivity contribution is -0.140. The Morgan fingerprint density at radius 3 is 2.42 bits per heavy atom. The lowest BCUT2D eigenvalue weighted by Gasteiger charge is -2.32. The highest BCUT2D eigenvalue weighted by molar-refractivity contribution is 6.05. The second kappa shape index (κ2) is 8.48. The first-order valence-corrected chi connectivity index (χ1v) is 7.97. The van der Waals surface area contributed by atoms with Gasteiger partial charge < -0.3 is 23.8 Å². The zero-order valence-corrected chi connectivity index (χ0v) is 15.2. The Hall–Kier alpha value is -2.87. The van der Waals surface area contributed by atoms with E-state index in [2.05, 4.69) is 0 Å². The van der Waals surface area contributed by atoms with Crippen LogP contribution in [-0.4, -0.2) is 52.1 Å². The molecule has 8 heteroatoms. The molecule has 0 saturated heterocycles. The number of nitrogens with zero attached hydrogens (tertiary/aromatic N) is 1. The minimum atomic E-state index is -0.732. The molecule has 0 aromatic heterocycles. The molecule has 0 bridgehead atoms. The van der Waals surface area contributed by atoms with E-state index < -0.39 is 17.9 Å². The molecule has 0 amide bonds. The summed E-state index contributed by atoms with van der Waals surface area (Å²) in [5, 5.41) is 0. The number of esters is 3. The van der Waals surface area contributed by atoms with Crippen molar-refractivity contribution in [3.8, 4) is 0 Å². The molecule has 1 aliphatic rings. The number of carbonyl (C=O) groups excluding carboxylic acids is 3. The van der Waals surface area contributed by atoms with Crippen molar-refractivity contribution in [2.45, 2.75) is 13.8 Å². The van der Waals surface area contributed by atoms with Crippen molar-refractivity contribution in [3.05, 3.63) is 40.6 Å². The molecule has 0 N–H and O–H groups in total. The third-order valence-corrected chi connectivity index (χ3v) is 3.77. The van der Waals surface area contributed by atoms with Crippen LogP contribution in [0.4, 0.5) is 5.69 Å². The van der Waals surface area contributed by atoms with Gasteiger partial charge in [-0.1, -0.05) is 11.6 Å². The van der Waals surface area contributed by atoms with Crippen LogP contribution in [0, 0.1) is 6.92 Å². The first kappa shape index (κ1) is 19.5. The van der Waals surface area contributed by atoms with Crippen LogP contribution >= 0.6 is 0 Å². The fraction of sp³-hybridized carbons (Fsp3) is 0.389. The summed E-state index contributed by atoms with van der Waals surface area (Å²) in [7, 11) is 2.42. The molecule has 0 fully saturated rings. The highest BCUT2D eigenvalue weighted by Crippen LogP contribution is 2.30. The van der Waals surface area contributed by atoms with Crippen LogP contribution in [0.5, 0.6) is 0 Å². The van der Waals surface area contributed by atoms with E-state index in [1.54, 1.807) is 25.1 Å². The SMILES string of the molecule is CCOC(=O)c1cc(C)ccc1N1COCC(C(=O)OC)=C1C(=O)OC. The van der Waals surface area contributed by atoms with Crippen LogP contribution in [0.2, 0.25) is 0 Å². The number of ether oxygens (including phenoxy) is 4. The highest BCUT2D eigenvalue weighted by atomic mass is 16.5. The maximum absolute atomic E-state index is 12.4. The third kappa shape index (κ3) is 3.85. The molecule has 8 nitrogen and oxygen atoms in total. The Morgan fingerprint density at radius 1 is 1.12 bits per heavy atom. The molecule has 1 aliphatic heterocycles. The van der Waals surface area contributed by atoms with Gasteiger partial charge in [-0.2, -0.15) is 0 Å². The summed E-state index contributed by atoms with van der Waals surface area (Å²) >= 11 is 0. The summed E-state index contributed by atoms with van der Waals surface area (Å²) in [5.74, 6) is -1.98. The minimum absolute atomic E-state index is 0.0148. The quantitative estimate of drug-likeness (QED) is 0.575. The molecule has 1 heterocycles. The van der Waals surface area contributed by atoms with Crippen molar-refractivity contribution < 1.29 is 33.3 Å². The molecule has 1 aromatic carbocycles. The fourth-order valence-corrected chi connectivity index (χ4v) is 2.59. The van der Waals surface area contributed by atoms with E-state index in [0.717, 1.165) is 5.56 Å². The lowest BCUT2D eigenvalue weighted by Crippen LogP contribution is -2.39. The average molecular weight is 363 g/mol. The normalized spacial score (nSPS) is 14.1. The zero-order valence-electron chi connectivity index (χ0n) is 15.2. The summed E-state index contributed by atoms with van der Waals surface area (Å²) in [6, 6.07) is 5.09. The van der Waals surface area contributed by atoms with E-state index in [-0.39, 0.29) is 36.8 Å². The van der Waals surface area contributed by atoms with E-state index in [9.17, 15) is 14.4 Å². The lowest BCUT2D eigenvalue weighted by atomic mass is 10.1. The van der Waals surface area contributed by atoms with Crippen LogP contribution in [-0.2, 0) is 28.5 Å². The summed E-state index contributed by atoms with van der Waals surface area (Å²) in [4.78, 5) is 38.2. The number of benzene rings is 1. The van der Waals surface area contributed by atoms with Crippen LogP contribution in [0.3, 0.4) is 0 Å². The zero-order chi connectivity index (χ0) is 19.3. The van der Waals surface area contributed by atoms with Gasteiger partial charge in [-0.15, -0.1) is 0 Å². The van der Waals surface area contributed by atoms with Crippen molar-refractivity contribution in [3.63, 3.8) is 0 Å². The Labute approximate surface area is 151 Å². The number of hydrogen-bond donors (Lipinski definition) is 0. The Morgan fingerprint density at radius 2 is 1.81 bits per heavy atom. The molecule has 140 valence electrons. The van der Waals surface area contributed by atoms with Crippen LogP contribution < -0.4 is 4.90 Å². The topological polar surface area (TPSA) is 91.4 Å². The second-order valence-electron chi connectivity index (χ2n) is 5.46. The molecule has 0 spiro atoms. The van der Waals surface area contributed by atoms with Gasteiger partial charge in [-0.25, -0.2) is 14.4 Å². The number of rotatable bonds is 5. The van der Waals surface area contributed by atoms with Gasteiger partial charge in [0.25, 0.3) is 0 Å². The number of carbonyl (C=O) groups is 3. The van der Waals surface area contributed by atoms with Crippen molar-refractivity contribution >= 4 is 23.6 Å². The maximum atomic E-state index is 12.4. The van der Waals surface area contributed by atoms with E-state index >= 15 is 0 Å². The molecule has 0 aliphatic carbocycles. The number of hydrogen-bond acceptors (Lipinski definition) is 8. The van der Waals surface area contributed by atoms with Crippen molar-refractivity contribution in [2.75, 3.05) is 39.1 Å². The second-order valence-corrected chi connectivity index (χ2v) is 5.46. The van der Waals surface area contributed by atoms with E-state index in [1.807, 2.05) is 6.92 Å². The molecule has 26 heavy (non-hydrogen) atoms. The average Bonchev–Trinajstić information content (AvgIpc) is 2.66. The summed E-state index contributed by atoms with van der Waals surface area (Å²) in [6.45, 7) is 3.59.